The molecule has 1 heterocycles. The number of anilines is 2. The molecule has 0 fully saturated rings. The van der Waals surface area contributed by atoms with Gasteiger partial charge in [0.1, 0.15) is 11.5 Å². The molecule has 3 aromatic carbocycles. The summed E-state index contributed by atoms with van der Waals surface area (Å²) in [4.78, 5) is 27.7. The molecule has 0 radical (unpaired) electrons. The number of benzene rings is 3. The molecule has 2 amide bonds. The lowest BCUT2D eigenvalue weighted by Crippen LogP contribution is -2.20. The maximum atomic E-state index is 12.2. The van der Waals surface area contributed by atoms with Gasteiger partial charge in [0.25, 0.3) is 11.8 Å². The number of methoxy groups -OCH3 is 1. The second-order valence-electron chi connectivity index (χ2n) is 7.27. The Kier molecular flexibility index (Phi) is 6.83. The predicted octanol–water partition coefficient (Wildman–Crippen LogP) is 4.39. The molecule has 4 aromatic rings. The van der Waals surface area contributed by atoms with Crippen LogP contribution in [0.3, 0.4) is 0 Å². The van der Waals surface area contributed by atoms with Crippen LogP contribution in [-0.2, 0) is 9.59 Å². The molecule has 0 aliphatic heterocycles. The quantitative estimate of drug-likeness (QED) is 0.402. The van der Waals surface area contributed by atoms with Crippen LogP contribution in [0.25, 0.3) is 22.8 Å². The molecule has 0 spiro atoms. The summed E-state index contributed by atoms with van der Waals surface area (Å²) in [5.41, 5.74) is 2.79. The minimum Gasteiger partial charge on any atom is -0.497 e. The summed E-state index contributed by atoms with van der Waals surface area (Å²) in [6.07, 6.45) is 0. The Balaban J connectivity index is 1.31. The molecule has 0 saturated heterocycles. The number of aromatic nitrogens is 2. The van der Waals surface area contributed by atoms with Crippen LogP contribution in [0, 0.1) is 0 Å². The maximum Gasteiger partial charge on any atom is 0.262 e. The van der Waals surface area contributed by atoms with E-state index in [4.69, 9.17) is 14.0 Å². The summed E-state index contributed by atoms with van der Waals surface area (Å²) in [5.74, 6) is 1.65. The van der Waals surface area contributed by atoms with E-state index in [1.807, 2.05) is 24.3 Å². The predicted molar refractivity (Wildman–Crippen MR) is 127 cm³/mol. The highest BCUT2D eigenvalue weighted by atomic mass is 16.5. The van der Waals surface area contributed by atoms with Crippen LogP contribution in [0.5, 0.6) is 11.5 Å². The Morgan fingerprint density at radius 1 is 0.824 bits per heavy atom. The molecule has 172 valence electrons. The third-order valence-corrected chi connectivity index (χ3v) is 4.73. The molecule has 0 aliphatic rings. The van der Waals surface area contributed by atoms with E-state index in [9.17, 15) is 9.59 Å². The molecule has 9 heteroatoms. The van der Waals surface area contributed by atoms with E-state index in [1.54, 1.807) is 55.6 Å². The lowest BCUT2D eigenvalue weighted by Gasteiger charge is -2.08. The van der Waals surface area contributed by atoms with Crippen molar-refractivity contribution in [1.29, 1.82) is 0 Å². The van der Waals surface area contributed by atoms with Crippen LogP contribution < -0.4 is 20.1 Å². The normalized spacial score (nSPS) is 10.4. The third-order valence-electron chi connectivity index (χ3n) is 4.73. The average molecular weight is 458 g/mol. The van der Waals surface area contributed by atoms with E-state index in [0.29, 0.717) is 28.8 Å². The van der Waals surface area contributed by atoms with Gasteiger partial charge in [0.05, 0.1) is 7.11 Å². The minimum absolute atomic E-state index is 0.158. The highest BCUT2D eigenvalue weighted by Gasteiger charge is 2.11. The second-order valence-corrected chi connectivity index (χ2v) is 7.27. The number of hydrogen-bond acceptors (Lipinski definition) is 7. The first-order chi connectivity index (χ1) is 16.5. The molecule has 0 atom stereocenters. The second kappa shape index (κ2) is 10.3. The Bertz CT molecular complexity index is 1270. The van der Waals surface area contributed by atoms with Crippen LogP contribution in [0.4, 0.5) is 11.4 Å². The average Bonchev–Trinajstić information content (AvgIpc) is 3.34. The highest BCUT2D eigenvalue weighted by Crippen LogP contribution is 2.25. The molecular formula is C25H22N4O5. The van der Waals surface area contributed by atoms with Crippen molar-refractivity contribution >= 4 is 23.2 Å². The topological polar surface area (TPSA) is 116 Å². The largest absolute Gasteiger partial charge is 0.497 e. The number of ether oxygens (including phenoxy) is 2. The Morgan fingerprint density at radius 2 is 1.41 bits per heavy atom. The summed E-state index contributed by atoms with van der Waals surface area (Å²) in [6.45, 7) is 1.27. The number of carbonyl (C=O) groups excluding carboxylic acids is 2. The van der Waals surface area contributed by atoms with E-state index in [1.165, 1.54) is 6.92 Å². The summed E-state index contributed by atoms with van der Waals surface area (Å²) in [5, 5.41) is 9.43. The Morgan fingerprint density at radius 3 is 2.03 bits per heavy atom. The highest BCUT2D eigenvalue weighted by molar-refractivity contribution is 5.93. The van der Waals surface area contributed by atoms with Gasteiger partial charge in [-0.1, -0.05) is 5.16 Å². The number of hydrogen-bond donors (Lipinski definition) is 2. The van der Waals surface area contributed by atoms with Gasteiger partial charge >= 0.3 is 0 Å². The van der Waals surface area contributed by atoms with Crippen LogP contribution in [0.15, 0.2) is 77.3 Å². The van der Waals surface area contributed by atoms with Gasteiger partial charge in [0.2, 0.25) is 11.7 Å². The summed E-state index contributed by atoms with van der Waals surface area (Å²) in [6, 6.07) is 21.2. The van der Waals surface area contributed by atoms with Gasteiger partial charge in [-0.25, -0.2) is 0 Å². The fraction of sp³-hybridized carbons (Fsp3) is 0.120. The molecule has 4 rings (SSSR count). The van der Waals surface area contributed by atoms with Crippen LogP contribution in [0.1, 0.15) is 6.92 Å². The summed E-state index contributed by atoms with van der Waals surface area (Å²) in [7, 11) is 1.61. The molecule has 9 nitrogen and oxygen atoms in total. The van der Waals surface area contributed by atoms with Crippen LogP contribution in [0.2, 0.25) is 0 Å². The fourth-order valence-electron chi connectivity index (χ4n) is 3.08. The lowest BCUT2D eigenvalue weighted by atomic mass is 10.2. The third kappa shape index (κ3) is 5.77. The first-order valence-electron chi connectivity index (χ1n) is 10.4. The van der Waals surface area contributed by atoms with Gasteiger partial charge in [-0.15, -0.1) is 0 Å². The summed E-state index contributed by atoms with van der Waals surface area (Å²) < 4.78 is 16.1. The van der Waals surface area contributed by atoms with E-state index in [2.05, 4.69) is 20.8 Å². The van der Waals surface area contributed by atoms with E-state index in [-0.39, 0.29) is 18.4 Å². The van der Waals surface area contributed by atoms with E-state index >= 15 is 0 Å². The van der Waals surface area contributed by atoms with Gasteiger partial charge in [-0.2, -0.15) is 4.98 Å². The maximum absolute atomic E-state index is 12.2. The first kappa shape index (κ1) is 22.5. The lowest BCUT2D eigenvalue weighted by molar-refractivity contribution is -0.118. The van der Waals surface area contributed by atoms with Crippen molar-refractivity contribution in [2.45, 2.75) is 6.92 Å². The zero-order valence-electron chi connectivity index (χ0n) is 18.6. The van der Waals surface area contributed by atoms with Gasteiger partial charge in [0.15, 0.2) is 6.61 Å². The van der Waals surface area contributed by atoms with Crippen molar-refractivity contribution in [1.82, 2.24) is 10.1 Å². The fourth-order valence-corrected chi connectivity index (χ4v) is 3.08. The van der Waals surface area contributed by atoms with Crippen LogP contribution >= 0.6 is 0 Å². The minimum atomic E-state index is -0.308. The molecule has 34 heavy (non-hydrogen) atoms. The van der Waals surface area contributed by atoms with Crippen molar-refractivity contribution in [2.24, 2.45) is 0 Å². The number of amides is 2. The molecule has 1 aromatic heterocycles. The first-order valence-corrected chi connectivity index (χ1v) is 10.4. The van der Waals surface area contributed by atoms with Crippen molar-refractivity contribution in [3.05, 3.63) is 72.8 Å². The molecule has 0 saturated carbocycles. The Hall–Kier alpha value is -4.66. The molecule has 2 N–H and O–H groups in total. The van der Waals surface area contributed by atoms with E-state index < -0.39 is 0 Å². The SMILES string of the molecule is COc1ccc(-c2noc(-c3ccc(OCC(=O)Nc4ccc(NC(C)=O)cc4)cc3)n2)cc1. The van der Waals surface area contributed by atoms with Gasteiger partial charge in [0, 0.05) is 29.4 Å². The zero-order chi connectivity index (χ0) is 23.9. The summed E-state index contributed by atoms with van der Waals surface area (Å²) >= 11 is 0. The Labute approximate surface area is 195 Å². The van der Waals surface area contributed by atoms with Gasteiger partial charge in [-0.3, -0.25) is 9.59 Å². The number of carbonyl (C=O) groups is 2. The molecule has 0 unspecified atom stereocenters. The standard InChI is InChI=1S/C25H22N4O5/c1-16(30)26-19-7-9-20(10-8-19)27-23(31)15-33-22-13-5-18(6-14-22)25-28-24(29-34-25)17-3-11-21(32-2)12-4-17/h3-14H,15H2,1-2H3,(H,26,30)(H,27,31). The van der Waals surface area contributed by atoms with Gasteiger partial charge in [-0.05, 0) is 72.8 Å². The van der Waals surface area contributed by atoms with Crippen molar-refractivity contribution in [3.63, 3.8) is 0 Å². The van der Waals surface area contributed by atoms with Crippen molar-refractivity contribution in [2.75, 3.05) is 24.4 Å². The molecule has 0 bridgehead atoms. The number of nitrogens with one attached hydrogen (secondary N) is 2. The van der Waals surface area contributed by atoms with Crippen molar-refractivity contribution < 1.29 is 23.6 Å². The van der Waals surface area contributed by atoms with Crippen molar-refractivity contribution in [3.8, 4) is 34.3 Å². The van der Waals surface area contributed by atoms with Gasteiger partial charge < -0.3 is 24.6 Å². The molecular weight excluding hydrogens is 436 g/mol. The molecule has 0 aliphatic carbocycles. The number of nitrogens with zero attached hydrogens (tertiary/aromatic N) is 2. The van der Waals surface area contributed by atoms with E-state index in [0.717, 1.165) is 16.9 Å². The monoisotopic (exact) mass is 458 g/mol. The zero-order valence-corrected chi connectivity index (χ0v) is 18.6. The van der Waals surface area contributed by atoms with Crippen LogP contribution in [-0.4, -0.2) is 35.7 Å². The number of rotatable bonds is 8. The smallest absolute Gasteiger partial charge is 0.262 e.